The Hall–Kier alpha value is -0.251. The van der Waals surface area contributed by atoms with Crippen LogP contribution in [0.2, 0.25) is 13.3 Å². The van der Waals surface area contributed by atoms with E-state index < -0.39 is 18.4 Å². The molecule has 0 aromatic heterocycles. The standard InChI is InChI=1S/C8H11O2.3C4H9.Sn/c1-3-5-6-7-8(9)10-4-2;3*1-3-4-2;/h5-7H,4H2,1-2H3;3*1,3-4H2,2H3;/b5-3?,7-6+;;;;. The van der Waals surface area contributed by atoms with Gasteiger partial charge in [0.2, 0.25) is 0 Å². The molecule has 0 heterocycles. The Balaban J connectivity index is 5.19. The quantitative estimate of drug-likeness (QED) is 0.146. The SMILES string of the molecule is CCC[CH2][Sn]([CH2]CCC)([CH2]CCC)/[C](C)=C/C=C/C(=O)OCC. The predicted octanol–water partition coefficient (Wildman–Crippen LogP) is 6.44. The molecular weight excluding hydrogens is 391 g/mol. The molecule has 0 radical (unpaired) electrons. The van der Waals surface area contributed by atoms with Crippen LogP contribution in [-0.4, -0.2) is 31.0 Å². The summed E-state index contributed by atoms with van der Waals surface area (Å²) in [5, 5.41) is 0. The van der Waals surface area contributed by atoms with Crippen molar-refractivity contribution in [1.82, 2.24) is 0 Å². The Morgan fingerprint density at radius 1 is 0.913 bits per heavy atom. The number of allylic oxidation sites excluding steroid dienone is 3. The molecule has 0 saturated heterocycles. The molecule has 0 saturated carbocycles. The molecule has 0 N–H and O–H groups in total. The van der Waals surface area contributed by atoms with Crippen molar-refractivity contribution in [3.8, 4) is 0 Å². The average molecular weight is 429 g/mol. The molecule has 0 aromatic carbocycles. The third kappa shape index (κ3) is 9.58. The average Bonchev–Trinajstić information content (AvgIpc) is 2.54. The number of carbonyl (C=O) groups is 1. The van der Waals surface area contributed by atoms with E-state index >= 15 is 0 Å². The minimum atomic E-state index is -2.27. The maximum absolute atomic E-state index is 11.5. The van der Waals surface area contributed by atoms with Gasteiger partial charge >= 0.3 is 149 Å². The Kier molecular flexibility index (Phi) is 14.0. The third-order valence-electron chi connectivity index (χ3n) is 4.73. The first kappa shape index (κ1) is 22.7. The zero-order valence-corrected chi connectivity index (χ0v) is 19.0. The number of unbranched alkanes of at least 4 members (excludes halogenated alkanes) is 3. The summed E-state index contributed by atoms with van der Waals surface area (Å²) in [5.41, 5.74) is 0. The number of hydrogen-bond acceptors (Lipinski definition) is 2. The second kappa shape index (κ2) is 14.1. The van der Waals surface area contributed by atoms with Gasteiger partial charge in [-0.25, -0.2) is 0 Å². The van der Waals surface area contributed by atoms with Crippen molar-refractivity contribution < 1.29 is 9.53 Å². The Morgan fingerprint density at radius 3 is 1.78 bits per heavy atom. The first-order valence-electron chi connectivity index (χ1n) is 9.58. The summed E-state index contributed by atoms with van der Waals surface area (Å²) in [5.74, 6) is -0.229. The fourth-order valence-corrected chi connectivity index (χ4v) is 18.8. The molecule has 0 fully saturated rings. The van der Waals surface area contributed by atoms with Crippen molar-refractivity contribution in [2.45, 2.75) is 86.5 Å². The fourth-order valence-electron chi connectivity index (χ4n) is 3.15. The summed E-state index contributed by atoms with van der Waals surface area (Å²) in [6.45, 7) is 11.5. The van der Waals surface area contributed by atoms with Crippen LogP contribution in [0.4, 0.5) is 0 Å². The van der Waals surface area contributed by atoms with E-state index in [9.17, 15) is 4.79 Å². The van der Waals surface area contributed by atoms with Crippen LogP contribution in [0.1, 0.15) is 73.1 Å². The molecule has 2 nitrogen and oxygen atoms in total. The number of rotatable bonds is 13. The summed E-state index contributed by atoms with van der Waals surface area (Å²) in [6.07, 6.45) is 13.7. The van der Waals surface area contributed by atoms with Gasteiger partial charge in [0.05, 0.1) is 0 Å². The second-order valence-corrected chi connectivity index (χ2v) is 20.4. The van der Waals surface area contributed by atoms with Crippen LogP contribution in [0.3, 0.4) is 0 Å². The monoisotopic (exact) mass is 430 g/mol. The summed E-state index contributed by atoms with van der Waals surface area (Å²) in [4.78, 5) is 11.5. The van der Waals surface area contributed by atoms with Gasteiger partial charge in [0.25, 0.3) is 0 Å². The minimum absolute atomic E-state index is 0.229. The Labute approximate surface area is 148 Å². The molecular formula is C20H38O2Sn. The van der Waals surface area contributed by atoms with Gasteiger partial charge in [0, 0.05) is 0 Å². The van der Waals surface area contributed by atoms with E-state index in [1.54, 1.807) is 9.67 Å². The molecule has 0 spiro atoms. The zero-order valence-electron chi connectivity index (χ0n) is 16.1. The molecule has 0 atom stereocenters. The van der Waals surface area contributed by atoms with Gasteiger partial charge in [-0.2, -0.15) is 0 Å². The van der Waals surface area contributed by atoms with Crippen LogP contribution in [0.5, 0.6) is 0 Å². The van der Waals surface area contributed by atoms with Crippen LogP contribution < -0.4 is 0 Å². The van der Waals surface area contributed by atoms with Gasteiger partial charge < -0.3 is 0 Å². The normalized spacial score (nSPS) is 12.8. The molecule has 0 unspecified atom stereocenters. The van der Waals surface area contributed by atoms with Crippen molar-refractivity contribution >= 4 is 24.3 Å². The van der Waals surface area contributed by atoms with Crippen LogP contribution in [0.25, 0.3) is 0 Å². The van der Waals surface area contributed by atoms with Crippen molar-refractivity contribution in [3.05, 3.63) is 21.8 Å². The van der Waals surface area contributed by atoms with Crippen LogP contribution >= 0.6 is 0 Å². The van der Waals surface area contributed by atoms with Gasteiger partial charge in [0.15, 0.2) is 0 Å². The van der Waals surface area contributed by atoms with Crippen molar-refractivity contribution in [1.29, 1.82) is 0 Å². The number of hydrogen-bond donors (Lipinski definition) is 0. The van der Waals surface area contributed by atoms with E-state index in [1.165, 1.54) is 51.8 Å². The maximum atomic E-state index is 11.5. The summed E-state index contributed by atoms with van der Waals surface area (Å²) in [7, 11) is 0. The van der Waals surface area contributed by atoms with Gasteiger partial charge in [-0.05, 0) is 0 Å². The van der Waals surface area contributed by atoms with E-state index in [-0.39, 0.29) is 5.97 Å². The number of ether oxygens (including phenoxy) is 1. The van der Waals surface area contributed by atoms with Crippen molar-refractivity contribution in [2.75, 3.05) is 6.61 Å². The van der Waals surface area contributed by atoms with Crippen molar-refractivity contribution in [2.24, 2.45) is 0 Å². The van der Waals surface area contributed by atoms with E-state index in [1.807, 2.05) is 13.0 Å². The van der Waals surface area contributed by atoms with E-state index in [4.69, 9.17) is 4.74 Å². The van der Waals surface area contributed by atoms with E-state index in [0.29, 0.717) is 6.61 Å². The molecule has 0 amide bonds. The molecule has 0 aromatic rings. The summed E-state index contributed by atoms with van der Waals surface area (Å²) in [6, 6.07) is 0. The topological polar surface area (TPSA) is 26.3 Å². The van der Waals surface area contributed by atoms with E-state index in [0.717, 1.165) is 0 Å². The van der Waals surface area contributed by atoms with E-state index in [2.05, 4.69) is 33.8 Å². The Morgan fingerprint density at radius 2 is 1.39 bits per heavy atom. The van der Waals surface area contributed by atoms with Gasteiger partial charge in [-0.15, -0.1) is 0 Å². The molecule has 134 valence electrons. The molecule has 23 heavy (non-hydrogen) atoms. The first-order chi connectivity index (χ1) is 11.1. The molecule has 0 aliphatic rings. The first-order valence-corrected chi connectivity index (χ1v) is 17.1. The molecule has 3 heteroatoms. The van der Waals surface area contributed by atoms with Gasteiger partial charge in [0.1, 0.15) is 0 Å². The summed E-state index contributed by atoms with van der Waals surface area (Å²) < 4.78 is 11.0. The molecule has 0 aliphatic carbocycles. The molecule has 0 rings (SSSR count). The molecule has 0 bridgehead atoms. The zero-order chi connectivity index (χ0) is 17.6. The molecule has 0 aliphatic heterocycles. The Bertz CT molecular complexity index is 350. The number of carbonyl (C=O) groups excluding carboxylic acids is 1. The fraction of sp³-hybridized carbons (Fsp3) is 0.750. The van der Waals surface area contributed by atoms with Gasteiger partial charge in [-0.3, -0.25) is 0 Å². The second-order valence-electron chi connectivity index (χ2n) is 6.55. The summed E-state index contributed by atoms with van der Waals surface area (Å²) >= 11 is -2.27. The van der Waals surface area contributed by atoms with Crippen LogP contribution in [0.15, 0.2) is 21.8 Å². The predicted molar refractivity (Wildman–Crippen MR) is 104 cm³/mol. The van der Waals surface area contributed by atoms with Crippen LogP contribution in [0, 0.1) is 0 Å². The van der Waals surface area contributed by atoms with Crippen LogP contribution in [-0.2, 0) is 9.53 Å². The third-order valence-corrected chi connectivity index (χ3v) is 21.2. The van der Waals surface area contributed by atoms with Gasteiger partial charge in [-0.1, -0.05) is 0 Å². The van der Waals surface area contributed by atoms with Crippen molar-refractivity contribution in [3.63, 3.8) is 0 Å². The number of esters is 1.